The minimum Gasteiger partial charge on any atom is -0.497 e. The molecule has 1 aliphatic rings. The van der Waals surface area contributed by atoms with Gasteiger partial charge in [0.15, 0.2) is 0 Å². The van der Waals surface area contributed by atoms with Crippen molar-refractivity contribution in [3.8, 4) is 11.8 Å². The van der Waals surface area contributed by atoms with E-state index in [4.69, 9.17) is 4.74 Å². The van der Waals surface area contributed by atoms with Crippen molar-refractivity contribution in [3.63, 3.8) is 0 Å². The molecule has 1 aromatic heterocycles. The lowest BCUT2D eigenvalue weighted by atomic mass is 10.1. The number of ether oxygens (including phenoxy) is 1. The molecular weight excluding hydrogens is 252 g/mol. The summed E-state index contributed by atoms with van der Waals surface area (Å²) in [5.41, 5.74) is 2.48. The molecule has 5 heteroatoms. The molecule has 0 unspecified atom stereocenters. The molecule has 1 aliphatic heterocycles. The highest BCUT2D eigenvalue weighted by Crippen LogP contribution is 2.32. The molecule has 1 fully saturated rings. The predicted molar refractivity (Wildman–Crippen MR) is 78.1 cm³/mol. The number of fused-ring (bicyclic) bond motifs is 1. The van der Waals surface area contributed by atoms with Gasteiger partial charge in [-0.1, -0.05) is 0 Å². The van der Waals surface area contributed by atoms with E-state index in [1.807, 2.05) is 18.2 Å². The maximum absolute atomic E-state index is 9.37. The van der Waals surface area contributed by atoms with Crippen LogP contribution in [0.15, 0.2) is 24.4 Å². The second-order valence-electron chi connectivity index (χ2n) is 4.75. The van der Waals surface area contributed by atoms with Crippen LogP contribution in [-0.2, 0) is 0 Å². The number of nitrogens with one attached hydrogen (secondary N) is 1. The minimum atomic E-state index is 0.618. The van der Waals surface area contributed by atoms with Gasteiger partial charge in [0.25, 0.3) is 0 Å². The topological polar surface area (TPSA) is 61.2 Å². The Morgan fingerprint density at radius 1 is 1.35 bits per heavy atom. The van der Waals surface area contributed by atoms with E-state index in [1.165, 1.54) is 0 Å². The Morgan fingerprint density at radius 2 is 2.15 bits per heavy atom. The molecule has 0 bridgehead atoms. The fourth-order valence-electron chi connectivity index (χ4n) is 2.60. The Morgan fingerprint density at radius 3 is 2.85 bits per heavy atom. The lowest BCUT2D eigenvalue weighted by molar-refractivity contribution is 0.415. The van der Waals surface area contributed by atoms with Crippen LogP contribution in [0.3, 0.4) is 0 Å². The van der Waals surface area contributed by atoms with E-state index in [-0.39, 0.29) is 0 Å². The third-order valence-corrected chi connectivity index (χ3v) is 3.60. The van der Waals surface area contributed by atoms with Crippen LogP contribution in [0, 0.1) is 11.3 Å². The molecule has 0 aliphatic carbocycles. The molecule has 3 rings (SSSR count). The lowest BCUT2D eigenvalue weighted by Crippen LogP contribution is -2.43. The van der Waals surface area contributed by atoms with E-state index >= 15 is 0 Å². The Balaban J connectivity index is 2.21. The zero-order valence-electron chi connectivity index (χ0n) is 11.4. The lowest BCUT2D eigenvalue weighted by Gasteiger charge is -2.31. The normalized spacial score (nSPS) is 15.1. The monoisotopic (exact) mass is 268 g/mol. The van der Waals surface area contributed by atoms with E-state index < -0.39 is 0 Å². The van der Waals surface area contributed by atoms with Gasteiger partial charge in [0.1, 0.15) is 11.8 Å². The Kier molecular flexibility index (Phi) is 3.40. The van der Waals surface area contributed by atoms with Gasteiger partial charge in [0.2, 0.25) is 0 Å². The molecular formula is C15H16N4O. The molecule has 1 aromatic carbocycles. The van der Waals surface area contributed by atoms with Crippen molar-refractivity contribution in [2.75, 3.05) is 38.2 Å². The number of nitrogens with zero attached hydrogens (tertiary/aromatic N) is 3. The Hall–Kier alpha value is -2.32. The van der Waals surface area contributed by atoms with Crippen LogP contribution in [0.2, 0.25) is 0 Å². The van der Waals surface area contributed by atoms with Crippen molar-refractivity contribution in [2.45, 2.75) is 0 Å². The van der Waals surface area contributed by atoms with E-state index in [0.29, 0.717) is 5.56 Å². The molecule has 1 saturated heterocycles. The molecule has 0 spiro atoms. The SMILES string of the molecule is COc1ccc2ncc(C#N)c(N3CCNCC3)c2c1. The third-order valence-electron chi connectivity index (χ3n) is 3.60. The molecule has 0 atom stereocenters. The van der Waals surface area contributed by atoms with Gasteiger partial charge in [-0.2, -0.15) is 5.26 Å². The van der Waals surface area contributed by atoms with Crippen LogP contribution in [0.5, 0.6) is 5.75 Å². The van der Waals surface area contributed by atoms with Crippen LogP contribution < -0.4 is 15.0 Å². The second kappa shape index (κ2) is 5.35. The predicted octanol–water partition coefficient (Wildman–Crippen LogP) is 1.52. The number of anilines is 1. The zero-order chi connectivity index (χ0) is 13.9. The molecule has 102 valence electrons. The summed E-state index contributed by atoms with van der Waals surface area (Å²) >= 11 is 0. The summed E-state index contributed by atoms with van der Waals surface area (Å²) in [4.78, 5) is 6.61. The van der Waals surface area contributed by atoms with Gasteiger partial charge in [-0.15, -0.1) is 0 Å². The maximum atomic E-state index is 9.37. The highest BCUT2D eigenvalue weighted by atomic mass is 16.5. The van der Waals surface area contributed by atoms with Gasteiger partial charge >= 0.3 is 0 Å². The van der Waals surface area contributed by atoms with Gasteiger partial charge < -0.3 is 15.0 Å². The van der Waals surface area contributed by atoms with Gasteiger partial charge in [-0.25, -0.2) is 0 Å². The number of methoxy groups -OCH3 is 1. The summed E-state index contributed by atoms with van der Waals surface area (Å²) in [5.74, 6) is 0.783. The maximum Gasteiger partial charge on any atom is 0.119 e. The third kappa shape index (κ3) is 2.15. The first-order chi connectivity index (χ1) is 9.83. The van der Waals surface area contributed by atoms with E-state index in [0.717, 1.165) is 48.5 Å². The number of aromatic nitrogens is 1. The van der Waals surface area contributed by atoms with Crippen LogP contribution in [0.25, 0.3) is 10.9 Å². The van der Waals surface area contributed by atoms with Gasteiger partial charge in [0, 0.05) is 37.8 Å². The van der Waals surface area contributed by atoms with E-state index in [1.54, 1.807) is 13.3 Å². The molecule has 0 amide bonds. The number of piperazine rings is 1. The largest absolute Gasteiger partial charge is 0.497 e. The molecule has 0 radical (unpaired) electrons. The van der Waals surface area contributed by atoms with Crippen molar-refractivity contribution in [3.05, 3.63) is 30.0 Å². The van der Waals surface area contributed by atoms with Crippen LogP contribution in [0.4, 0.5) is 5.69 Å². The fourth-order valence-corrected chi connectivity index (χ4v) is 2.60. The summed E-state index contributed by atoms with van der Waals surface area (Å²) < 4.78 is 5.30. The number of rotatable bonds is 2. The van der Waals surface area contributed by atoms with Crippen LogP contribution in [0.1, 0.15) is 5.56 Å². The molecule has 5 nitrogen and oxygen atoms in total. The first-order valence-corrected chi connectivity index (χ1v) is 6.66. The average molecular weight is 268 g/mol. The summed E-state index contributed by atoms with van der Waals surface area (Å²) in [7, 11) is 1.65. The highest BCUT2D eigenvalue weighted by molar-refractivity contribution is 5.95. The summed E-state index contributed by atoms with van der Waals surface area (Å²) in [6.45, 7) is 3.65. The van der Waals surface area contributed by atoms with Crippen molar-refractivity contribution in [1.29, 1.82) is 5.26 Å². The number of hydrogen-bond donors (Lipinski definition) is 1. The number of benzene rings is 1. The smallest absolute Gasteiger partial charge is 0.119 e. The molecule has 1 N–H and O–H groups in total. The standard InChI is InChI=1S/C15H16N4O/c1-20-12-2-3-14-13(8-12)15(11(9-16)10-18-14)19-6-4-17-5-7-19/h2-3,8,10,17H,4-7H2,1H3. The number of pyridine rings is 1. The summed E-state index contributed by atoms with van der Waals surface area (Å²) in [6, 6.07) is 8.04. The van der Waals surface area contributed by atoms with Crippen LogP contribution >= 0.6 is 0 Å². The first-order valence-electron chi connectivity index (χ1n) is 6.66. The Labute approximate surface area is 117 Å². The van der Waals surface area contributed by atoms with Gasteiger partial charge in [-0.3, -0.25) is 4.98 Å². The van der Waals surface area contributed by atoms with Crippen molar-refractivity contribution in [2.24, 2.45) is 0 Å². The van der Waals surface area contributed by atoms with Crippen molar-refractivity contribution in [1.82, 2.24) is 10.3 Å². The number of hydrogen-bond acceptors (Lipinski definition) is 5. The highest BCUT2D eigenvalue weighted by Gasteiger charge is 2.18. The van der Waals surface area contributed by atoms with Crippen LogP contribution in [-0.4, -0.2) is 38.3 Å². The van der Waals surface area contributed by atoms with E-state index in [2.05, 4.69) is 21.3 Å². The molecule has 2 heterocycles. The first kappa shape index (κ1) is 12.7. The fraction of sp³-hybridized carbons (Fsp3) is 0.333. The van der Waals surface area contributed by atoms with Crippen molar-refractivity contribution >= 4 is 16.6 Å². The Bertz CT molecular complexity index is 671. The van der Waals surface area contributed by atoms with E-state index in [9.17, 15) is 5.26 Å². The number of nitriles is 1. The molecule has 20 heavy (non-hydrogen) atoms. The molecule has 2 aromatic rings. The van der Waals surface area contributed by atoms with Crippen molar-refractivity contribution < 1.29 is 4.74 Å². The van der Waals surface area contributed by atoms with Gasteiger partial charge in [0.05, 0.1) is 23.9 Å². The second-order valence-corrected chi connectivity index (χ2v) is 4.75. The zero-order valence-corrected chi connectivity index (χ0v) is 11.4. The van der Waals surface area contributed by atoms with Gasteiger partial charge in [-0.05, 0) is 18.2 Å². The summed E-state index contributed by atoms with van der Waals surface area (Å²) in [6.07, 6.45) is 1.66. The quantitative estimate of drug-likeness (QED) is 0.895. The molecule has 0 saturated carbocycles. The summed E-state index contributed by atoms with van der Waals surface area (Å²) in [5, 5.41) is 13.7. The average Bonchev–Trinajstić information content (AvgIpc) is 2.53. The minimum absolute atomic E-state index is 0.618.